The van der Waals surface area contributed by atoms with Gasteiger partial charge in [-0.05, 0) is 57.4 Å². The molecule has 25 heavy (non-hydrogen) atoms. The Balaban J connectivity index is 1.48. The average molecular weight is 378 g/mol. The van der Waals surface area contributed by atoms with E-state index in [1.165, 1.54) is 61.4 Å². The molecule has 4 rings (SSSR count). The molecule has 0 N–H and O–H groups in total. The molecule has 2 saturated carbocycles. The Morgan fingerprint density at radius 3 is 2.56 bits per heavy atom. The van der Waals surface area contributed by atoms with E-state index in [9.17, 15) is 0 Å². The van der Waals surface area contributed by atoms with Crippen LogP contribution < -0.4 is 0 Å². The summed E-state index contributed by atoms with van der Waals surface area (Å²) in [5.74, 6) is 0. The molecule has 3 fully saturated rings. The molecule has 4 unspecified atom stereocenters. The van der Waals surface area contributed by atoms with E-state index in [0.717, 1.165) is 35.7 Å². The SMILES string of the molecule is CCN1/C(=C/C=C/C2=[N+](CC)C3CCCCC3S2)SC2CCCCC21. The fourth-order valence-corrected chi connectivity index (χ4v) is 8.36. The highest BCUT2D eigenvalue weighted by molar-refractivity contribution is 8.14. The topological polar surface area (TPSA) is 6.25 Å². The third kappa shape index (κ3) is 3.58. The summed E-state index contributed by atoms with van der Waals surface area (Å²) >= 11 is 4.29. The summed E-state index contributed by atoms with van der Waals surface area (Å²) in [7, 11) is 0. The first-order valence-corrected chi connectivity index (χ1v) is 12.2. The van der Waals surface area contributed by atoms with Crippen molar-refractivity contribution in [3.05, 3.63) is 23.3 Å². The smallest absolute Gasteiger partial charge is 0.235 e. The number of nitrogens with zero attached hydrogens (tertiary/aromatic N) is 2. The molecule has 138 valence electrons. The number of rotatable bonds is 4. The lowest BCUT2D eigenvalue weighted by Gasteiger charge is -2.31. The lowest BCUT2D eigenvalue weighted by atomic mass is 9.94. The van der Waals surface area contributed by atoms with E-state index in [-0.39, 0.29) is 0 Å². The highest BCUT2D eigenvalue weighted by Gasteiger charge is 2.42. The predicted octanol–water partition coefficient (Wildman–Crippen LogP) is 5.25. The minimum absolute atomic E-state index is 0.798. The zero-order valence-corrected chi connectivity index (χ0v) is 17.5. The number of hydrogen-bond donors (Lipinski definition) is 0. The third-order valence-electron chi connectivity index (χ3n) is 6.41. The summed E-state index contributed by atoms with van der Waals surface area (Å²) in [5, 5.41) is 4.72. The predicted molar refractivity (Wildman–Crippen MR) is 113 cm³/mol. The van der Waals surface area contributed by atoms with Gasteiger partial charge in [-0.1, -0.05) is 25.3 Å². The zero-order valence-electron chi connectivity index (χ0n) is 15.8. The van der Waals surface area contributed by atoms with Crippen LogP contribution in [0.15, 0.2) is 23.3 Å². The average Bonchev–Trinajstić information content (AvgIpc) is 3.18. The molecule has 0 spiro atoms. The van der Waals surface area contributed by atoms with Crippen LogP contribution in [0.25, 0.3) is 0 Å². The lowest BCUT2D eigenvalue weighted by Crippen LogP contribution is -2.36. The quantitative estimate of drug-likeness (QED) is 0.618. The lowest BCUT2D eigenvalue weighted by molar-refractivity contribution is -0.558. The normalized spacial score (nSPS) is 37.2. The van der Waals surface area contributed by atoms with Crippen LogP contribution in [0, 0.1) is 0 Å². The molecule has 4 heteroatoms. The maximum absolute atomic E-state index is 2.67. The first kappa shape index (κ1) is 18.0. The largest absolute Gasteiger partial charge is 0.363 e. The fourth-order valence-electron chi connectivity index (χ4n) is 5.18. The highest BCUT2D eigenvalue weighted by Crippen LogP contribution is 2.45. The second-order valence-electron chi connectivity index (χ2n) is 7.79. The van der Waals surface area contributed by atoms with Crippen molar-refractivity contribution >= 4 is 28.6 Å². The Morgan fingerprint density at radius 2 is 1.76 bits per heavy atom. The van der Waals surface area contributed by atoms with Gasteiger partial charge >= 0.3 is 0 Å². The molecule has 4 aliphatic rings. The molecule has 2 aliphatic heterocycles. The molecule has 2 nitrogen and oxygen atoms in total. The van der Waals surface area contributed by atoms with Crippen molar-refractivity contribution in [1.29, 1.82) is 0 Å². The fraction of sp³-hybridized carbons (Fsp3) is 0.762. The van der Waals surface area contributed by atoms with Crippen molar-refractivity contribution in [3.63, 3.8) is 0 Å². The summed E-state index contributed by atoms with van der Waals surface area (Å²) in [5.41, 5.74) is 0. The van der Waals surface area contributed by atoms with Gasteiger partial charge in [0, 0.05) is 30.3 Å². The first-order chi connectivity index (χ1) is 12.3. The van der Waals surface area contributed by atoms with Crippen molar-refractivity contribution in [3.8, 4) is 0 Å². The molecule has 0 aromatic rings. The highest BCUT2D eigenvalue weighted by atomic mass is 32.2. The minimum atomic E-state index is 0.798. The zero-order chi connectivity index (χ0) is 17.2. The second kappa shape index (κ2) is 8.12. The van der Waals surface area contributed by atoms with Crippen molar-refractivity contribution in [1.82, 2.24) is 4.90 Å². The van der Waals surface area contributed by atoms with E-state index in [0.29, 0.717) is 0 Å². The van der Waals surface area contributed by atoms with Gasteiger partial charge in [-0.25, -0.2) is 4.58 Å². The molecule has 0 radical (unpaired) electrons. The molecule has 0 aromatic heterocycles. The number of fused-ring (bicyclic) bond motifs is 2. The van der Waals surface area contributed by atoms with E-state index in [1.54, 1.807) is 0 Å². The Hall–Kier alpha value is -0.350. The van der Waals surface area contributed by atoms with Gasteiger partial charge in [-0.3, -0.25) is 0 Å². The van der Waals surface area contributed by atoms with E-state index in [4.69, 9.17) is 0 Å². The molecule has 0 aromatic carbocycles. The van der Waals surface area contributed by atoms with Gasteiger partial charge in [0.05, 0.1) is 10.3 Å². The number of allylic oxidation sites excluding steroid dienone is 2. The van der Waals surface area contributed by atoms with Gasteiger partial charge in [-0.15, -0.1) is 11.8 Å². The Labute approximate surface area is 162 Å². The van der Waals surface area contributed by atoms with Gasteiger partial charge in [0.2, 0.25) is 5.04 Å². The summed E-state index contributed by atoms with van der Waals surface area (Å²) in [4.78, 5) is 2.67. The van der Waals surface area contributed by atoms with E-state index >= 15 is 0 Å². The Bertz CT molecular complexity index is 580. The monoisotopic (exact) mass is 377 g/mol. The summed E-state index contributed by atoms with van der Waals surface area (Å²) in [6, 6.07) is 1.60. The van der Waals surface area contributed by atoms with Crippen molar-refractivity contribution in [2.75, 3.05) is 13.1 Å². The summed E-state index contributed by atoms with van der Waals surface area (Å²) in [6.07, 6.45) is 18.4. The molecule has 0 bridgehead atoms. The number of thioether (sulfide) groups is 2. The molecular weight excluding hydrogens is 344 g/mol. The Morgan fingerprint density at radius 1 is 1.00 bits per heavy atom. The number of hydrogen-bond acceptors (Lipinski definition) is 3. The van der Waals surface area contributed by atoms with Crippen molar-refractivity contribution < 1.29 is 4.58 Å². The molecule has 0 amide bonds. The Kier molecular flexibility index (Phi) is 5.86. The second-order valence-corrected chi connectivity index (χ2v) is 10.3. The van der Waals surface area contributed by atoms with Gasteiger partial charge in [0.25, 0.3) is 0 Å². The van der Waals surface area contributed by atoms with Crippen LogP contribution in [0.2, 0.25) is 0 Å². The standard InChI is InChI=1S/C21H33N2S2/c1-3-22-16-10-5-7-12-18(16)24-20(22)14-9-15-21-23(4-2)17-11-6-8-13-19(17)25-21/h9,14-19H,3-8,10-13H2,1-2H3/q+1. The minimum Gasteiger partial charge on any atom is -0.363 e. The van der Waals surface area contributed by atoms with Gasteiger partial charge in [0.1, 0.15) is 6.54 Å². The molecule has 2 aliphatic carbocycles. The van der Waals surface area contributed by atoms with Crippen LogP contribution in [0.1, 0.15) is 65.2 Å². The van der Waals surface area contributed by atoms with E-state index in [1.807, 2.05) is 0 Å². The first-order valence-electron chi connectivity index (χ1n) is 10.4. The van der Waals surface area contributed by atoms with Gasteiger partial charge in [-0.2, -0.15) is 0 Å². The van der Waals surface area contributed by atoms with Crippen LogP contribution in [-0.2, 0) is 0 Å². The molecule has 4 atom stereocenters. The van der Waals surface area contributed by atoms with Crippen molar-refractivity contribution in [2.45, 2.75) is 87.8 Å². The van der Waals surface area contributed by atoms with Gasteiger partial charge < -0.3 is 4.90 Å². The van der Waals surface area contributed by atoms with E-state index in [2.05, 4.69) is 65.1 Å². The van der Waals surface area contributed by atoms with Crippen LogP contribution in [0.5, 0.6) is 0 Å². The van der Waals surface area contributed by atoms with Crippen LogP contribution >= 0.6 is 23.5 Å². The summed E-state index contributed by atoms with van der Waals surface area (Å²) < 4.78 is 2.67. The summed E-state index contributed by atoms with van der Waals surface area (Å²) in [6.45, 7) is 6.95. The van der Waals surface area contributed by atoms with Crippen LogP contribution in [0.4, 0.5) is 0 Å². The van der Waals surface area contributed by atoms with Crippen LogP contribution in [0.3, 0.4) is 0 Å². The van der Waals surface area contributed by atoms with Crippen LogP contribution in [-0.4, -0.2) is 50.2 Å². The third-order valence-corrected chi connectivity index (χ3v) is 9.33. The molecule has 1 saturated heterocycles. The van der Waals surface area contributed by atoms with Crippen molar-refractivity contribution in [2.24, 2.45) is 0 Å². The maximum Gasteiger partial charge on any atom is 0.235 e. The molecule has 2 heterocycles. The maximum atomic E-state index is 2.67. The molecular formula is C21H33N2S2+. The van der Waals surface area contributed by atoms with E-state index < -0.39 is 0 Å². The van der Waals surface area contributed by atoms with Gasteiger partial charge in [0.15, 0.2) is 6.04 Å².